The number of hydrogen-bond acceptors (Lipinski definition) is 2. The number of carbonyl (C=O) groups is 2. The molecular formula is C15H28N2O3. The maximum atomic E-state index is 12.1. The van der Waals surface area contributed by atoms with Gasteiger partial charge in [-0.2, -0.15) is 0 Å². The number of carbonyl (C=O) groups excluding carboxylic acids is 1. The van der Waals surface area contributed by atoms with Crippen molar-refractivity contribution in [3.63, 3.8) is 0 Å². The number of nitrogens with one attached hydrogen (secondary N) is 1. The van der Waals surface area contributed by atoms with E-state index in [4.69, 9.17) is 0 Å². The van der Waals surface area contributed by atoms with Crippen LogP contribution in [0.5, 0.6) is 0 Å². The number of amides is 2. The molecular weight excluding hydrogens is 256 g/mol. The third-order valence-corrected chi connectivity index (χ3v) is 4.83. The fourth-order valence-electron chi connectivity index (χ4n) is 2.78. The van der Waals surface area contributed by atoms with Gasteiger partial charge in [-0.15, -0.1) is 0 Å². The number of piperidine rings is 1. The molecule has 2 amide bonds. The van der Waals surface area contributed by atoms with Crippen molar-refractivity contribution in [1.29, 1.82) is 0 Å². The molecule has 2 N–H and O–H groups in total. The molecule has 1 rings (SSSR count). The van der Waals surface area contributed by atoms with Gasteiger partial charge in [0.2, 0.25) is 0 Å². The van der Waals surface area contributed by atoms with Crippen LogP contribution >= 0.6 is 0 Å². The number of likely N-dealkylation sites (tertiary alicyclic amines) is 1. The Bertz CT molecular complexity index is 332. The smallest absolute Gasteiger partial charge is 0.317 e. The van der Waals surface area contributed by atoms with E-state index in [2.05, 4.69) is 19.2 Å². The first-order chi connectivity index (χ1) is 9.49. The second kappa shape index (κ2) is 7.50. The second-order valence-electron chi connectivity index (χ2n) is 5.79. The van der Waals surface area contributed by atoms with Gasteiger partial charge in [-0.3, -0.25) is 4.79 Å². The normalized spacial score (nSPS) is 18.1. The molecule has 0 aromatic heterocycles. The van der Waals surface area contributed by atoms with E-state index in [0.29, 0.717) is 44.8 Å². The molecule has 1 heterocycles. The van der Waals surface area contributed by atoms with Crippen molar-refractivity contribution in [1.82, 2.24) is 10.2 Å². The minimum atomic E-state index is -0.725. The van der Waals surface area contributed by atoms with Crippen molar-refractivity contribution >= 4 is 12.0 Å². The van der Waals surface area contributed by atoms with Gasteiger partial charge in [0, 0.05) is 19.6 Å². The standard InChI is InChI=1S/C15H28N2O3/c1-4-12(5-2)11-16-14(20)17-9-7-15(6-3,8-10-17)13(18)19/h12H,4-11H2,1-3H3,(H,16,20)(H,18,19). The summed E-state index contributed by atoms with van der Waals surface area (Å²) in [5.41, 5.74) is -0.633. The third kappa shape index (κ3) is 3.87. The average molecular weight is 284 g/mol. The predicted molar refractivity (Wildman–Crippen MR) is 78.6 cm³/mol. The summed E-state index contributed by atoms with van der Waals surface area (Å²) in [4.78, 5) is 25.2. The average Bonchev–Trinajstić information content (AvgIpc) is 2.47. The highest BCUT2D eigenvalue weighted by Gasteiger charge is 2.40. The lowest BCUT2D eigenvalue weighted by molar-refractivity contribution is -0.151. The molecule has 0 aromatic carbocycles. The van der Waals surface area contributed by atoms with Crippen LogP contribution in [0.4, 0.5) is 4.79 Å². The molecule has 0 aliphatic carbocycles. The van der Waals surface area contributed by atoms with Gasteiger partial charge >= 0.3 is 12.0 Å². The van der Waals surface area contributed by atoms with E-state index in [1.807, 2.05) is 6.92 Å². The fraction of sp³-hybridized carbons (Fsp3) is 0.867. The molecule has 0 aromatic rings. The zero-order valence-corrected chi connectivity index (χ0v) is 12.9. The molecule has 0 bridgehead atoms. The number of carboxylic acids is 1. The maximum absolute atomic E-state index is 12.1. The molecule has 1 aliphatic heterocycles. The SMILES string of the molecule is CCC(CC)CNC(=O)N1CCC(CC)(C(=O)O)CC1. The molecule has 1 aliphatic rings. The molecule has 0 atom stereocenters. The first kappa shape index (κ1) is 16.8. The fourth-order valence-corrected chi connectivity index (χ4v) is 2.78. The van der Waals surface area contributed by atoms with Crippen LogP contribution in [0, 0.1) is 11.3 Å². The lowest BCUT2D eigenvalue weighted by atomic mass is 9.76. The number of nitrogens with zero attached hydrogens (tertiary/aromatic N) is 1. The number of rotatable bonds is 6. The zero-order chi connectivity index (χ0) is 15.2. The highest BCUT2D eigenvalue weighted by atomic mass is 16.4. The Balaban J connectivity index is 2.45. The van der Waals surface area contributed by atoms with Gasteiger partial charge in [0.25, 0.3) is 0 Å². The highest BCUT2D eigenvalue weighted by Crippen LogP contribution is 2.35. The summed E-state index contributed by atoms with van der Waals surface area (Å²) >= 11 is 0. The lowest BCUT2D eigenvalue weighted by Crippen LogP contribution is -2.50. The lowest BCUT2D eigenvalue weighted by Gasteiger charge is -2.38. The monoisotopic (exact) mass is 284 g/mol. The van der Waals surface area contributed by atoms with Gasteiger partial charge < -0.3 is 15.3 Å². The predicted octanol–water partition coefficient (Wildman–Crippen LogP) is 2.71. The Morgan fingerprint density at radius 1 is 1.20 bits per heavy atom. The first-order valence-corrected chi connectivity index (χ1v) is 7.75. The van der Waals surface area contributed by atoms with Crippen LogP contribution < -0.4 is 5.32 Å². The molecule has 0 unspecified atom stereocenters. The molecule has 1 saturated heterocycles. The third-order valence-electron chi connectivity index (χ3n) is 4.83. The second-order valence-corrected chi connectivity index (χ2v) is 5.79. The van der Waals surface area contributed by atoms with Crippen LogP contribution in [0.1, 0.15) is 52.9 Å². The Hall–Kier alpha value is -1.26. The summed E-state index contributed by atoms with van der Waals surface area (Å²) in [6.07, 6.45) is 3.86. The van der Waals surface area contributed by atoms with E-state index in [9.17, 15) is 14.7 Å². The van der Waals surface area contributed by atoms with Crippen molar-refractivity contribution in [2.45, 2.75) is 52.9 Å². The van der Waals surface area contributed by atoms with E-state index < -0.39 is 11.4 Å². The van der Waals surface area contributed by atoms with E-state index in [1.165, 1.54) is 0 Å². The van der Waals surface area contributed by atoms with Gasteiger partial charge in [0.05, 0.1) is 5.41 Å². The summed E-state index contributed by atoms with van der Waals surface area (Å²) in [5.74, 6) is -0.199. The molecule has 5 nitrogen and oxygen atoms in total. The topological polar surface area (TPSA) is 69.6 Å². The molecule has 0 spiro atoms. The molecule has 20 heavy (non-hydrogen) atoms. The van der Waals surface area contributed by atoms with Gasteiger partial charge in [-0.1, -0.05) is 33.6 Å². The number of hydrogen-bond donors (Lipinski definition) is 2. The minimum absolute atomic E-state index is 0.0491. The molecule has 5 heteroatoms. The number of carboxylic acid groups (broad SMARTS) is 1. The Morgan fingerprint density at radius 2 is 1.75 bits per heavy atom. The molecule has 0 saturated carbocycles. The van der Waals surface area contributed by atoms with Gasteiger partial charge in [-0.05, 0) is 25.2 Å². The Kier molecular flexibility index (Phi) is 6.30. The summed E-state index contributed by atoms with van der Waals surface area (Å²) in [5, 5.41) is 12.3. The summed E-state index contributed by atoms with van der Waals surface area (Å²) in [7, 11) is 0. The number of aliphatic carboxylic acids is 1. The molecule has 0 radical (unpaired) electrons. The van der Waals surface area contributed by atoms with Crippen molar-refractivity contribution in [3.8, 4) is 0 Å². The largest absolute Gasteiger partial charge is 0.481 e. The first-order valence-electron chi connectivity index (χ1n) is 7.75. The van der Waals surface area contributed by atoms with Crippen LogP contribution in [0.2, 0.25) is 0 Å². The quantitative estimate of drug-likeness (QED) is 0.788. The van der Waals surface area contributed by atoms with Crippen LogP contribution in [-0.2, 0) is 4.79 Å². The zero-order valence-electron chi connectivity index (χ0n) is 12.9. The van der Waals surface area contributed by atoms with Gasteiger partial charge in [0.1, 0.15) is 0 Å². The van der Waals surface area contributed by atoms with Crippen LogP contribution in [0.3, 0.4) is 0 Å². The van der Waals surface area contributed by atoms with Crippen LogP contribution in [-0.4, -0.2) is 41.6 Å². The van der Waals surface area contributed by atoms with Crippen LogP contribution in [0.25, 0.3) is 0 Å². The van der Waals surface area contributed by atoms with Gasteiger partial charge in [-0.25, -0.2) is 4.79 Å². The molecule has 116 valence electrons. The summed E-state index contributed by atoms with van der Waals surface area (Å²) in [6.45, 7) is 7.95. The Labute approximate surface area is 121 Å². The van der Waals surface area contributed by atoms with E-state index >= 15 is 0 Å². The van der Waals surface area contributed by atoms with Crippen molar-refractivity contribution in [3.05, 3.63) is 0 Å². The van der Waals surface area contributed by atoms with Gasteiger partial charge in [0.15, 0.2) is 0 Å². The van der Waals surface area contributed by atoms with E-state index in [-0.39, 0.29) is 6.03 Å². The summed E-state index contributed by atoms with van der Waals surface area (Å²) < 4.78 is 0. The number of urea groups is 1. The van der Waals surface area contributed by atoms with Crippen molar-refractivity contribution in [2.24, 2.45) is 11.3 Å². The van der Waals surface area contributed by atoms with Crippen molar-refractivity contribution < 1.29 is 14.7 Å². The van der Waals surface area contributed by atoms with Crippen LogP contribution in [0.15, 0.2) is 0 Å². The maximum Gasteiger partial charge on any atom is 0.317 e. The van der Waals surface area contributed by atoms with Crippen molar-refractivity contribution in [2.75, 3.05) is 19.6 Å². The van der Waals surface area contributed by atoms with E-state index in [1.54, 1.807) is 4.90 Å². The molecule has 1 fully saturated rings. The highest BCUT2D eigenvalue weighted by molar-refractivity contribution is 5.77. The Morgan fingerprint density at radius 3 is 2.15 bits per heavy atom. The summed E-state index contributed by atoms with van der Waals surface area (Å²) in [6, 6.07) is -0.0491. The minimum Gasteiger partial charge on any atom is -0.481 e. The van der Waals surface area contributed by atoms with E-state index in [0.717, 1.165) is 12.8 Å².